The lowest BCUT2D eigenvalue weighted by Gasteiger charge is -1.94. The summed E-state index contributed by atoms with van der Waals surface area (Å²) in [5.41, 5.74) is 7.96. The van der Waals surface area contributed by atoms with E-state index in [-0.39, 0.29) is 5.69 Å². The number of rotatable bonds is 2. The molecule has 0 bridgehead atoms. The smallest absolute Gasteiger partial charge is 0.270 e. The molecule has 0 aliphatic carbocycles. The number of nitrogens with two attached hydrogens (primary N) is 1. The fourth-order valence-electron chi connectivity index (χ4n) is 1.85. The molecule has 6 nitrogen and oxygen atoms in total. The molecule has 3 aromatic rings. The number of nitrogen functional groups attached to an aromatic ring is 1. The number of aromatic nitrogens is 1. The molecule has 1 aromatic heterocycles. The molecular formula is C13H9N3O3. The van der Waals surface area contributed by atoms with Crippen molar-refractivity contribution in [3.63, 3.8) is 0 Å². The van der Waals surface area contributed by atoms with E-state index in [1.807, 2.05) is 0 Å². The first-order chi connectivity index (χ1) is 9.15. The molecule has 0 radical (unpaired) electrons. The molecular weight excluding hydrogens is 246 g/mol. The fraction of sp³-hybridized carbons (Fsp3) is 0. The second-order valence-corrected chi connectivity index (χ2v) is 4.02. The first kappa shape index (κ1) is 11.2. The number of oxazole rings is 1. The molecule has 0 fully saturated rings. The molecule has 94 valence electrons. The SMILES string of the molecule is Nc1cccc2oc(-c3cccc([N+](=O)[O-])c3)nc12. The lowest BCUT2D eigenvalue weighted by molar-refractivity contribution is -0.384. The molecule has 2 N–H and O–H groups in total. The van der Waals surface area contributed by atoms with Crippen molar-refractivity contribution in [2.75, 3.05) is 5.73 Å². The Bertz CT molecular complexity index is 780. The number of benzene rings is 2. The van der Waals surface area contributed by atoms with Crippen molar-refractivity contribution in [2.24, 2.45) is 0 Å². The molecule has 2 aromatic carbocycles. The Morgan fingerprint density at radius 2 is 2.00 bits per heavy atom. The molecule has 0 atom stereocenters. The summed E-state index contributed by atoms with van der Waals surface area (Å²) in [5.74, 6) is 0.316. The molecule has 1 heterocycles. The molecule has 0 unspecified atom stereocenters. The van der Waals surface area contributed by atoms with Crippen LogP contribution in [-0.2, 0) is 0 Å². The zero-order valence-electron chi connectivity index (χ0n) is 9.74. The van der Waals surface area contributed by atoms with Crippen molar-refractivity contribution in [3.05, 3.63) is 52.6 Å². The highest BCUT2D eigenvalue weighted by Crippen LogP contribution is 2.28. The van der Waals surface area contributed by atoms with Gasteiger partial charge in [0.1, 0.15) is 5.52 Å². The Hall–Kier alpha value is -2.89. The van der Waals surface area contributed by atoms with Crippen molar-refractivity contribution < 1.29 is 9.34 Å². The number of nitrogens with zero attached hydrogens (tertiary/aromatic N) is 2. The minimum Gasteiger partial charge on any atom is -0.436 e. The molecule has 3 rings (SSSR count). The maximum Gasteiger partial charge on any atom is 0.270 e. The van der Waals surface area contributed by atoms with E-state index in [1.165, 1.54) is 12.1 Å². The predicted octanol–water partition coefficient (Wildman–Crippen LogP) is 2.99. The van der Waals surface area contributed by atoms with Crippen molar-refractivity contribution in [1.29, 1.82) is 0 Å². The molecule has 19 heavy (non-hydrogen) atoms. The molecule has 0 saturated heterocycles. The summed E-state index contributed by atoms with van der Waals surface area (Å²) in [6.07, 6.45) is 0. The molecule has 0 aliphatic heterocycles. The number of fused-ring (bicyclic) bond motifs is 1. The van der Waals surface area contributed by atoms with Gasteiger partial charge in [-0.05, 0) is 18.2 Å². The summed E-state index contributed by atoms with van der Waals surface area (Å²) in [4.78, 5) is 14.6. The molecule has 0 saturated carbocycles. The highest BCUT2D eigenvalue weighted by molar-refractivity contribution is 5.87. The number of nitro benzene ring substituents is 1. The summed E-state index contributed by atoms with van der Waals surface area (Å²) < 4.78 is 5.56. The Balaban J connectivity index is 2.16. The Labute approximate surface area is 107 Å². The van der Waals surface area contributed by atoms with E-state index in [1.54, 1.807) is 30.3 Å². The van der Waals surface area contributed by atoms with E-state index in [9.17, 15) is 10.1 Å². The van der Waals surface area contributed by atoms with Crippen LogP contribution in [0.25, 0.3) is 22.6 Å². The van der Waals surface area contributed by atoms with Crippen LogP contribution in [0.4, 0.5) is 11.4 Å². The predicted molar refractivity (Wildman–Crippen MR) is 70.5 cm³/mol. The van der Waals surface area contributed by atoms with Crippen LogP contribution < -0.4 is 5.73 Å². The van der Waals surface area contributed by atoms with Crippen LogP contribution in [0.5, 0.6) is 0 Å². The average Bonchev–Trinajstić information content (AvgIpc) is 2.84. The number of hydrogen-bond acceptors (Lipinski definition) is 5. The van der Waals surface area contributed by atoms with Gasteiger partial charge in [-0.25, -0.2) is 4.98 Å². The standard InChI is InChI=1S/C13H9N3O3/c14-10-5-2-6-11-12(10)15-13(19-11)8-3-1-4-9(7-8)16(17)18/h1-7H,14H2. The molecule has 6 heteroatoms. The molecule has 0 amide bonds. The third-order valence-electron chi connectivity index (χ3n) is 2.75. The largest absolute Gasteiger partial charge is 0.436 e. The van der Waals surface area contributed by atoms with Gasteiger partial charge in [-0.3, -0.25) is 10.1 Å². The number of anilines is 1. The summed E-state index contributed by atoms with van der Waals surface area (Å²) in [6.45, 7) is 0. The third kappa shape index (κ3) is 1.89. The molecule has 0 aliphatic rings. The van der Waals surface area contributed by atoms with Gasteiger partial charge in [0.15, 0.2) is 5.58 Å². The lowest BCUT2D eigenvalue weighted by Crippen LogP contribution is -1.88. The second kappa shape index (κ2) is 4.09. The minimum absolute atomic E-state index is 0.00673. The van der Waals surface area contributed by atoms with E-state index in [0.717, 1.165) is 0 Å². The maximum atomic E-state index is 10.7. The van der Waals surface area contributed by atoms with Crippen LogP contribution in [0.3, 0.4) is 0 Å². The van der Waals surface area contributed by atoms with Crippen molar-refractivity contribution in [3.8, 4) is 11.5 Å². The summed E-state index contributed by atoms with van der Waals surface area (Å²) in [6, 6.07) is 11.4. The zero-order chi connectivity index (χ0) is 13.4. The van der Waals surface area contributed by atoms with Gasteiger partial charge in [-0.1, -0.05) is 12.1 Å². The van der Waals surface area contributed by atoms with E-state index < -0.39 is 4.92 Å². The van der Waals surface area contributed by atoms with Crippen LogP contribution in [0.15, 0.2) is 46.9 Å². The van der Waals surface area contributed by atoms with Gasteiger partial charge in [0, 0.05) is 17.7 Å². The molecule has 0 spiro atoms. The van der Waals surface area contributed by atoms with Crippen LogP contribution in [-0.4, -0.2) is 9.91 Å². The van der Waals surface area contributed by atoms with E-state index >= 15 is 0 Å². The van der Waals surface area contributed by atoms with Crippen LogP contribution in [0.1, 0.15) is 0 Å². The highest BCUT2D eigenvalue weighted by Gasteiger charge is 2.13. The zero-order valence-corrected chi connectivity index (χ0v) is 9.74. The highest BCUT2D eigenvalue weighted by atomic mass is 16.6. The van der Waals surface area contributed by atoms with E-state index in [2.05, 4.69) is 4.98 Å². The van der Waals surface area contributed by atoms with E-state index in [4.69, 9.17) is 10.2 Å². The van der Waals surface area contributed by atoms with Crippen LogP contribution in [0, 0.1) is 10.1 Å². The van der Waals surface area contributed by atoms with Gasteiger partial charge in [-0.15, -0.1) is 0 Å². The van der Waals surface area contributed by atoms with Gasteiger partial charge in [0.05, 0.1) is 10.6 Å². The quantitative estimate of drug-likeness (QED) is 0.431. The number of non-ortho nitro benzene ring substituents is 1. The van der Waals surface area contributed by atoms with Gasteiger partial charge >= 0.3 is 0 Å². The lowest BCUT2D eigenvalue weighted by atomic mass is 10.2. The second-order valence-electron chi connectivity index (χ2n) is 4.02. The van der Waals surface area contributed by atoms with Crippen molar-refractivity contribution >= 4 is 22.5 Å². The Morgan fingerprint density at radius 1 is 1.21 bits per heavy atom. The summed E-state index contributed by atoms with van der Waals surface area (Å²) in [7, 11) is 0. The number of para-hydroxylation sites is 1. The van der Waals surface area contributed by atoms with Gasteiger partial charge in [0.25, 0.3) is 5.69 Å². The average molecular weight is 255 g/mol. The van der Waals surface area contributed by atoms with Gasteiger partial charge in [0.2, 0.25) is 5.89 Å². The monoisotopic (exact) mass is 255 g/mol. The van der Waals surface area contributed by atoms with Crippen LogP contribution in [0.2, 0.25) is 0 Å². The third-order valence-corrected chi connectivity index (χ3v) is 2.75. The minimum atomic E-state index is -0.458. The Morgan fingerprint density at radius 3 is 2.74 bits per heavy atom. The Kier molecular flexibility index (Phi) is 2.42. The van der Waals surface area contributed by atoms with Crippen molar-refractivity contribution in [2.45, 2.75) is 0 Å². The summed E-state index contributed by atoms with van der Waals surface area (Å²) in [5, 5.41) is 10.7. The normalized spacial score (nSPS) is 10.7. The number of hydrogen-bond donors (Lipinski definition) is 1. The maximum absolute atomic E-state index is 10.7. The van der Waals surface area contributed by atoms with Crippen molar-refractivity contribution in [1.82, 2.24) is 4.98 Å². The number of nitro groups is 1. The first-order valence-corrected chi connectivity index (χ1v) is 5.55. The fourth-order valence-corrected chi connectivity index (χ4v) is 1.85. The summed E-state index contributed by atoms with van der Waals surface area (Å²) >= 11 is 0. The van der Waals surface area contributed by atoms with Gasteiger partial charge in [-0.2, -0.15) is 0 Å². The van der Waals surface area contributed by atoms with E-state index in [0.29, 0.717) is 28.2 Å². The van der Waals surface area contributed by atoms with Crippen LogP contribution >= 0.6 is 0 Å². The first-order valence-electron chi connectivity index (χ1n) is 5.55. The van der Waals surface area contributed by atoms with Gasteiger partial charge < -0.3 is 10.2 Å². The topological polar surface area (TPSA) is 95.2 Å².